The van der Waals surface area contributed by atoms with E-state index in [1.165, 1.54) is 0 Å². The molecule has 4 heteroatoms. The third kappa shape index (κ3) is 3.33. The SMILES string of the molecule is N#Cc1ccc(NCC(=O)c2cccc(N)c2)cc1. The molecule has 0 bridgehead atoms. The van der Waals surface area contributed by atoms with Crippen molar-refractivity contribution in [1.82, 2.24) is 0 Å². The summed E-state index contributed by atoms with van der Waals surface area (Å²) < 4.78 is 0. The van der Waals surface area contributed by atoms with Gasteiger partial charge in [-0.25, -0.2) is 0 Å². The molecule has 2 aromatic carbocycles. The summed E-state index contributed by atoms with van der Waals surface area (Å²) in [6.07, 6.45) is 0. The zero-order valence-electron chi connectivity index (χ0n) is 10.3. The number of anilines is 2. The summed E-state index contributed by atoms with van der Waals surface area (Å²) in [5.41, 5.74) is 8.18. The Labute approximate surface area is 111 Å². The van der Waals surface area contributed by atoms with Crippen LogP contribution in [0, 0.1) is 11.3 Å². The first-order valence-electron chi connectivity index (χ1n) is 5.82. The first-order valence-corrected chi connectivity index (χ1v) is 5.82. The lowest BCUT2D eigenvalue weighted by Crippen LogP contribution is -2.14. The van der Waals surface area contributed by atoms with Crippen LogP contribution in [0.1, 0.15) is 15.9 Å². The number of Topliss-reactive ketones (excluding diaryl/α,β-unsaturated/α-hetero) is 1. The van der Waals surface area contributed by atoms with Crippen LogP contribution in [-0.2, 0) is 0 Å². The fraction of sp³-hybridized carbons (Fsp3) is 0.0667. The van der Waals surface area contributed by atoms with Crippen LogP contribution in [0.5, 0.6) is 0 Å². The van der Waals surface area contributed by atoms with E-state index in [4.69, 9.17) is 11.0 Å². The Kier molecular flexibility index (Phi) is 3.79. The highest BCUT2D eigenvalue weighted by Crippen LogP contribution is 2.10. The van der Waals surface area contributed by atoms with Gasteiger partial charge in [0.25, 0.3) is 0 Å². The van der Waals surface area contributed by atoms with Crippen LogP contribution in [0.25, 0.3) is 0 Å². The van der Waals surface area contributed by atoms with Gasteiger partial charge in [-0.05, 0) is 36.4 Å². The van der Waals surface area contributed by atoms with Crippen LogP contribution in [-0.4, -0.2) is 12.3 Å². The zero-order chi connectivity index (χ0) is 13.7. The number of hydrogen-bond acceptors (Lipinski definition) is 4. The number of nitrogens with two attached hydrogens (primary N) is 1. The molecule has 0 saturated heterocycles. The molecule has 19 heavy (non-hydrogen) atoms. The normalized spacial score (nSPS) is 9.63. The molecule has 0 atom stereocenters. The number of hydrogen-bond donors (Lipinski definition) is 2. The third-order valence-corrected chi connectivity index (χ3v) is 2.68. The molecule has 0 aliphatic heterocycles. The van der Waals surface area contributed by atoms with E-state index in [0.717, 1.165) is 5.69 Å². The molecule has 2 aromatic rings. The molecule has 0 aromatic heterocycles. The van der Waals surface area contributed by atoms with Crippen molar-refractivity contribution in [2.24, 2.45) is 0 Å². The highest BCUT2D eigenvalue weighted by Gasteiger charge is 2.05. The summed E-state index contributed by atoms with van der Waals surface area (Å²) >= 11 is 0. The lowest BCUT2D eigenvalue weighted by Gasteiger charge is -2.06. The van der Waals surface area contributed by atoms with Crippen LogP contribution in [0.4, 0.5) is 11.4 Å². The molecule has 0 unspecified atom stereocenters. The monoisotopic (exact) mass is 251 g/mol. The minimum absolute atomic E-state index is 0.0309. The second kappa shape index (κ2) is 5.69. The predicted octanol–water partition coefficient (Wildman–Crippen LogP) is 2.44. The van der Waals surface area contributed by atoms with E-state index in [-0.39, 0.29) is 12.3 Å². The molecule has 0 spiro atoms. The van der Waals surface area contributed by atoms with E-state index in [1.54, 1.807) is 48.5 Å². The van der Waals surface area contributed by atoms with Crippen LogP contribution in [0.3, 0.4) is 0 Å². The van der Waals surface area contributed by atoms with Crippen molar-refractivity contribution in [2.45, 2.75) is 0 Å². The summed E-state index contributed by atoms with van der Waals surface area (Å²) in [6.45, 7) is 0.190. The lowest BCUT2D eigenvalue weighted by atomic mass is 10.1. The Morgan fingerprint density at radius 2 is 1.95 bits per heavy atom. The van der Waals surface area contributed by atoms with E-state index in [2.05, 4.69) is 5.32 Å². The first kappa shape index (κ1) is 12.7. The van der Waals surface area contributed by atoms with Gasteiger partial charge in [0.2, 0.25) is 0 Å². The Balaban J connectivity index is 1.98. The van der Waals surface area contributed by atoms with Crippen molar-refractivity contribution in [3.63, 3.8) is 0 Å². The number of carbonyl (C=O) groups is 1. The molecule has 94 valence electrons. The van der Waals surface area contributed by atoms with Gasteiger partial charge in [-0.15, -0.1) is 0 Å². The van der Waals surface area contributed by atoms with Crippen molar-refractivity contribution >= 4 is 17.2 Å². The van der Waals surface area contributed by atoms with E-state index in [1.807, 2.05) is 6.07 Å². The molecule has 0 amide bonds. The van der Waals surface area contributed by atoms with Gasteiger partial charge in [0.1, 0.15) is 0 Å². The average Bonchev–Trinajstić information content (AvgIpc) is 2.45. The fourth-order valence-electron chi connectivity index (χ4n) is 1.66. The molecular formula is C15H13N3O. The minimum Gasteiger partial charge on any atom is -0.399 e. The molecule has 0 aliphatic rings. The third-order valence-electron chi connectivity index (χ3n) is 2.68. The predicted molar refractivity (Wildman–Crippen MR) is 74.8 cm³/mol. The number of nitrogens with one attached hydrogen (secondary N) is 1. The molecule has 4 nitrogen and oxygen atoms in total. The summed E-state index contributed by atoms with van der Waals surface area (Å²) in [4.78, 5) is 11.9. The maximum absolute atomic E-state index is 11.9. The van der Waals surface area contributed by atoms with Crippen molar-refractivity contribution in [2.75, 3.05) is 17.6 Å². The van der Waals surface area contributed by atoms with E-state index in [9.17, 15) is 4.79 Å². The number of nitriles is 1. The van der Waals surface area contributed by atoms with Gasteiger partial charge in [-0.3, -0.25) is 4.79 Å². The summed E-state index contributed by atoms with van der Waals surface area (Å²) in [7, 11) is 0. The maximum atomic E-state index is 11.9. The minimum atomic E-state index is -0.0309. The van der Waals surface area contributed by atoms with Gasteiger partial charge in [0.05, 0.1) is 18.2 Å². The van der Waals surface area contributed by atoms with Gasteiger partial charge in [-0.2, -0.15) is 5.26 Å². The van der Waals surface area contributed by atoms with Crippen LogP contribution in [0.2, 0.25) is 0 Å². The lowest BCUT2D eigenvalue weighted by molar-refractivity contribution is 0.101. The molecule has 0 aliphatic carbocycles. The Hall–Kier alpha value is -2.80. The van der Waals surface area contributed by atoms with Crippen molar-refractivity contribution in [1.29, 1.82) is 5.26 Å². The Morgan fingerprint density at radius 3 is 2.58 bits per heavy atom. The Bertz CT molecular complexity index is 627. The standard InChI is InChI=1S/C15H13N3O/c16-9-11-4-6-14(7-5-11)18-10-15(19)12-2-1-3-13(17)8-12/h1-8,18H,10,17H2. The number of benzene rings is 2. The smallest absolute Gasteiger partial charge is 0.181 e. The maximum Gasteiger partial charge on any atom is 0.181 e. The van der Waals surface area contributed by atoms with Crippen LogP contribution < -0.4 is 11.1 Å². The topological polar surface area (TPSA) is 78.9 Å². The molecule has 0 radical (unpaired) electrons. The summed E-state index contributed by atoms with van der Waals surface area (Å²) in [5.74, 6) is -0.0309. The fourth-order valence-corrected chi connectivity index (χ4v) is 1.66. The number of nitrogen functional groups attached to an aromatic ring is 1. The van der Waals surface area contributed by atoms with Crippen LogP contribution >= 0.6 is 0 Å². The molecule has 0 saturated carbocycles. The van der Waals surface area contributed by atoms with E-state index < -0.39 is 0 Å². The van der Waals surface area contributed by atoms with Gasteiger partial charge < -0.3 is 11.1 Å². The number of ketones is 1. The average molecular weight is 251 g/mol. The largest absolute Gasteiger partial charge is 0.399 e. The molecular weight excluding hydrogens is 238 g/mol. The second-order valence-electron chi connectivity index (χ2n) is 4.09. The molecule has 0 fully saturated rings. The highest BCUT2D eigenvalue weighted by atomic mass is 16.1. The number of nitrogens with zero attached hydrogens (tertiary/aromatic N) is 1. The van der Waals surface area contributed by atoms with E-state index in [0.29, 0.717) is 16.8 Å². The van der Waals surface area contributed by atoms with Crippen molar-refractivity contribution in [3.8, 4) is 6.07 Å². The van der Waals surface area contributed by atoms with Crippen LogP contribution in [0.15, 0.2) is 48.5 Å². The van der Waals surface area contributed by atoms with Crippen molar-refractivity contribution in [3.05, 3.63) is 59.7 Å². The molecule has 0 heterocycles. The molecule has 3 N–H and O–H groups in total. The van der Waals surface area contributed by atoms with Gasteiger partial charge in [0, 0.05) is 16.9 Å². The summed E-state index contributed by atoms with van der Waals surface area (Å²) in [5, 5.41) is 11.7. The number of rotatable bonds is 4. The van der Waals surface area contributed by atoms with Gasteiger partial charge in [-0.1, -0.05) is 12.1 Å². The van der Waals surface area contributed by atoms with Gasteiger partial charge in [0.15, 0.2) is 5.78 Å². The Morgan fingerprint density at radius 1 is 1.21 bits per heavy atom. The van der Waals surface area contributed by atoms with E-state index >= 15 is 0 Å². The summed E-state index contributed by atoms with van der Waals surface area (Å²) in [6, 6.07) is 15.9. The second-order valence-corrected chi connectivity index (χ2v) is 4.09. The number of carbonyl (C=O) groups excluding carboxylic acids is 1. The van der Waals surface area contributed by atoms with Gasteiger partial charge >= 0.3 is 0 Å². The zero-order valence-corrected chi connectivity index (χ0v) is 10.3. The molecule has 2 rings (SSSR count). The first-order chi connectivity index (χ1) is 9.19. The highest BCUT2D eigenvalue weighted by molar-refractivity contribution is 5.99. The quantitative estimate of drug-likeness (QED) is 0.646. The van der Waals surface area contributed by atoms with Crippen molar-refractivity contribution < 1.29 is 4.79 Å².